The molecule has 1 saturated heterocycles. The van der Waals surface area contributed by atoms with Crippen LogP contribution in [0.4, 0.5) is 5.69 Å². The van der Waals surface area contributed by atoms with Crippen LogP contribution in [0.5, 0.6) is 5.75 Å². The van der Waals surface area contributed by atoms with Crippen LogP contribution >= 0.6 is 24.0 Å². The summed E-state index contributed by atoms with van der Waals surface area (Å²) in [5.74, 6) is 0.355. The van der Waals surface area contributed by atoms with Crippen LogP contribution in [0.15, 0.2) is 53.4 Å². The number of carbonyl (C=O) groups is 2. The number of thiocarbonyl (C=S) groups is 1. The Bertz CT molecular complexity index is 941. The zero-order valence-corrected chi connectivity index (χ0v) is 15.2. The van der Waals surface area contributed by atoms with Gasteiger partial charge in [0.15, 0.2) is 6.61 Å². The van der Waals surface area contributed by atoms with Crippen molar-refractivity contribution in [3.63, 3.8) is 0 Å². The number of anilines is 1. The minimum atomic E-state index is -0.203. The first-order valence-electron chi connectivity index (χ1n) is 7.96. The summed E-state index contributed by atoms with van der Waals surface area (Å²) in [6.07, 6.45) is 1.76. The van der Waals surface area contributed by atoms with Crippen LogP contribution in [0.1, 0.15) is 11.1 Å². The van der Waals surface area contributed by atoms with Crippen LogP contribution in [0, 0.1) is 0 Å². The molecule has 0 spiro atoms. The van der Waals surface area contributed by atoms with E-state index in [0.29, 0.717) is 27.2 Å². The third-order valence-electron chi connectivity index (χ3n) is 4.05. The van der Waals surface area contributed by atoms with Gasteiger partial charge >= 0.3 is 0 Å². The Hall–Kier alpha value is -2.64. The van der Waals surface area contributed by atoms with Crippen LogP contribution in [-0.2, 0) is 16.1 Å². The number of nitrogens with one attached hydrogen (secondary N) is 1. The van der Waals surface area contributed by atoms with Gasteiger partial charge in [0.2, 0.25) is 0 Å². The molecule has 26 heavy (non-hydrogen) atoms. The highest BCUT2D eigenvalue weighted by Gasteiger charge is 2.26. The maximum Gasteiger partial charge on any atom is 0.265 e. The molecule has 0 radical (unpaired) electrons. The molecule has 2 heterocycles. The molecule has 1 N–H and O–H groups in total. The molecule has 0 aliphatic carbocycles. The molecule has 2 aromatic carbocycles. The van der Waals surface area contributed by atoms with Gasteiger partial charge in [-0.2, -0.15) is 0 Å². The van der Waals surface area contributed by atoms with Gasteiger partial charge in [-0.1, -0.05) is 60.4 Å². The van der Waals surface area contributed by atoms with Crippen LogP contribution < -0.4 is 15.0 Å². The van der Waals surface area contributed by atoms with Crippen LogP contribution in [0.2, 0.25) is 0 Å². The molecular weight excluding hydrogens is 368 g/mol. The second-order valence-corrected chi connectivity index (χ2v) is 7.55. The van der Waals surface area contributed by atoms with E-state index < -0.39 is 0 Å². The molecule has 0 unspecified atom stereocenters. The number of ether oxygens (including phenoxy) is 1. The fourth-order valence-corrected chi connectivity index (χ4v) is 3.86. The second-order valence-electron chi connectivity index (χ2n) is 5.83. The number of thioether (sulfide) groups is 1. The molecule has 2 aromatic rings. The van der Waals surface area contributed by atoms with Crippen LogP contribution in [-0.4, -0.2) is 22.7 Å². The second kappa shape index (κ2) is 6.93. The molecule has 0 bridgehead atoms. The summed E-state index contributed by atoms with van der Waals surface area (Å²) in [5, 5.41) is 2.60. The fraction of sp³-hybridized carbons (Fsp3) is 0.105. The molecule has 5 nitrogen and oxygen atoms in total. The maximum atomic E-state index is 12.4. The number of hydrogen-bond donors (Lipinski definition) is 1. The van der Waals surface area contributed by atoms with Gasteiger partial charge in [-0.05, 0) is 29.3 Å². The zero-order valence-electron chi connectivity index (χ0n) is 13.6. The molecule has 0 saturated carbocycles. The SMILES string of the molecule is O=C1NC(=S)S/C1=C/c1ccc2c(c1)N(Cc1ccccc1)C(=O)CO2. The minimum absolute atomic E-state index is 0.0206. The monoisotopic (exact) mass is 382 g/mol. The quantitative estimate of drug-likeness (QED) is 0.653. The van der Waals surface area contributed by atoms with E-state index in [2.05, 4.69) is 5.32 Å². The number of carbonyl (C=O) groups excluding carboxylic acids is 2. The predicted octanol–water partition coefficient (Wildman–Crippen LogP) is 3.10. The molecule has 2 aliphatic rings. The minimum Gasteiger partial charge on any atom is -0.482 e. The topological polar surface area (TPSA) is 58.6 Å². The largest absolute Gasteiger partial charge is 0.482 e. The van der Waals surface area contributed by atoms with Gasteiger partial charge in [-0.3, -0.25) is 9.59 Å². The molecule has 130 valence electrons. The van der Waals surface area contributed by atoms with Gasteiger partial charge in [0.1, 0.15) is 10.1 Å². The molecule has 7 heteroatoms. The highest BCUT2D eigenvalue weighted by atomic mass is 32.2. The molecule has 2 amide bonds. The normalized spacial score (nSPS) is 17.9. The first-order chi connectivity index (χ1) is 12.6. The van der Waals surface area contributed by atoms with Gasteiger partial charge in [0.05, 0.1) is 17.1 Å². The van der Waals surface area contributed by atoms with Crippen LogP contribution in [0.25, 0.3) is 6.08 Å². The average molecular weight is 382 g/mol. The van der Waals surface area contributed by atoms with Crippen molar-refractivity contribution >= 4 is 51.9 Å². The molecule has 0 atom stereocenters. The Morgan fingerprint density at radius 1 is 1.19 bits per heavy atom. The van der Waals surface area contributed by atoms with Gasteiger partial charge in [0.25, 0.3) is 11.8 Å². The number of hydrogen-bond acceptors (Lipinski definition) is 5. The number of nitrogens with zero attached hydrogens (tertiary/aromatic N) is 1. The highest BCUT2D eigenvalue weighted by molar-refractivity contribution is 8.26. The Kier molecular flexibility index (Phi) is 4.48. The van der Waals surface area contributed by atoms with Gasteiger partial charge in [-0.25, -0.2) is 0 Å². The van der Waals surface area contributed by atoms with E-state index >= 15 is 0 Å². The van der Waals surface area contributed by atoms with Crippen molar-refractivity contribution < 1.29 is 14.3 Å². The lowest BCUT2D eigenvalue weighted by atomic mass is 10.1. The summed E-state index contributed by atoms with van der Waals surface area (Å²) < 4.78 is 6.00. The lowest BCUT2D eigenvalue weighted by Crippen LogP contribution is -2.38. The molecule has 0 aromatic heterocycles. The summed E-state index contributed by atoms with van der Waals surface area (Å²) in [6.45, 7) is 0.488. The van der Waals surface area contributed by atoms with Crippen LogP contribution in [0.3, 0.4) is 0 Å². The maximum absolute atomic E-state index is 12.4. The fourth-order valence-electron chi connectivity index (χ4n) is 2.82. The molecule has 2 aliphatic heterocycles. The van der Waals surface area contributed by atoms with E-state index in [1.54, 1.807) is 11.0 Å². The van der Waals surface area contributed by atoms with E-state index in [4.69, 9.17) is 17.0 Å². The first kappa shape index (κ1) is 16.8. The average Bonchev–Trinajstić information content (AvgIpc) is 2.95. The third kappa shape index (κ3) is 3.36. The summed E-state index contributed by atoms with van der Waals surface area (Å²) in [6, 6.07) is 15.3. The number of rotatable bonds is 3. The van der Waals surface area contributed by atoms with E-state index in [0.717, 1.165) is 11.1 Å². The van der Waals surface area contributed by atoms with Gasteiger partial charge in [-0.15, -0.1) is 0 Å². The molecule has 1 fully saturated rings. The zero-order chi connectivity index (χ0) is 18.1. The highest BCUT2D eigenvalue weighted by Crippen LogP contribution is 2.35. The molecule has 4 rings (SSSR count). The number of amides is 2. The van der Waals surface area contributed by atoms with E-state index in [-0.39, 0.29) is 18.4 Å². The third-order valence-corrected chi connectivity index (χ3v) is 5.21. The summed E-state index contributed by atoms with van der Waals surface area (Å²) >= 11 is 6.24. The van der Waals surface area contributed by atoms with Crippen molar-refractivity contribution in [1.82, 2.24) is 5.32 Å². The Morgan fingerprint density at radius 3 is 2.73 bits per heavy atom. The number of fused-ring (bicyclic) bond motifs is 1. The summed E-state index contributed by atoms with van der Waals surface area (Å²) in [5.41, 5.74) is 2.54. The van der Waals surface area contributed by atoms with Gasteiger partial charge in [0, 0.05) is 0 Å². The predicted molar refractivity (Wildman–Crippen MR) is 106 cm³/mol. The van der Waals surface area contributed by atoms with Crippen molar-refractivity contribution in [3.8, 4) is 5.75 Å². The van der Waals surface area contributed by atoms with Crippen molar-refractivity contribution in [2.75, 3.05) is 11.5 Å². The number of benzene rings is 2. The van der Waals surface area contributed by atoms with Crippen molar-refractivity contribution in [2.45, 2.75) is 6.54 Å². The van der Waals surface area contributed by atoms with E-state index in [9.17, 15) is 9.59 Å². The Morgan fingerprint density at radius 2 is 2.00 bits per heavy atom. The van der Waals surface area contributed by atoms with Crippen molar-refractivity contribution in [3.05, 3.63) is 64.6 Å². The first-order valence-corrected chi connectivity index (χ1v) is 9.18. The summed E-state index contributed by atoms with van der Waals surface area (Å²) in [7, 11) is 0. The Labute approximate surface area is 160 Å². The van der Waals surface area contributed by atoms with Crippen molar-refractivity contribution in [2.24, 2.45) is 0 Å². The summed E-state index contributed by atoms with van der Waals surface area (Å²) in [4.78, 5) is 26.5. The molecular formula is C19H14N2O3S2. The van der Waals surface area contributed by atoms with Crippen molar-refractivity contribution in [1.29, 1.82) is 0 Å². The standard InChI is InChI=1S/C19H14N2O3S2/c22-17-11-24-15-7-6-13(9-16-18(23)20-19(25)26-16)8-14(15)21(17)10-12-4-2-1-3-5-12/h1-9H,10-11H2,(H,20,23,25)/b16-9+. The lowest BCUT2D eigenvalue weighted by molar-refractivity contribution is -0.121. The van der Waals surface area contributed by atoms with Gasteiger partial charge < -0.3 is 15.0 Å². The lowest BCUT2D eigenvalue weighted by Gasteiger charge is -2.29. The smallest absolute Gasteiger partial charge is 0.265 e. The Balaban J connectivity index is 1.68. The van der Waals surface area contributed by atoms with E-state index in [1.807, 2.05) is 48.5 Å². The van der Waals surface area contributed by atoms with E-state index in [1.165, 1.54) is 11.8 Å².